The highest BCUT2D eigenvalue weighted by molar-refractivity contribution is 6.11. The SMILES string of the molecule is COCCN1C(=O)C[C@@](CC(=O)NCc2cccc3ccccc23)(c2ccccc2OC)C1=O. The molecule has 34 heavy (non-hydrogen) atoms. The predicted octanol–water partition coefficient (Wildman–Crippen LogP) is 3.20. The molecular weight excluding hydrogens is 432 g/mol. The number of carbonyl (C=O) groups is 3. The van der Waals surface area contributed by atoms with Gasteiger partial charge in [-0.15, -0.1) is 0 Å². The highest BCUT2D eigenvalue weighted by atomic mass is 16.5. The standard InChI is InChI=1S/C27H28N2O5/c1-33-15-14-29-25(31)17-27(26(29)32,22-12-5-6-13-23(22)34-2)16-24(30)28-18-20-10-7-9-19-8-3-4-11-21(19)20/h3-13H,14-18H2,1-2H3,(H,28,30)/t27-/m0/s1. The number of hydrogen-bond donors (Lipinski definition) is 1. The van der Waals surface area contributed by atoms with Crippen LogP contribution in [0, 0.1) is 0 Å². The van der Waals surface area contributed by atoms with Gasteiger partial charge in [0.1, 0.15) is 5.75 Å². The zero-order chi connectivity index (χ0) is 24.1. The maximum Gasteiger partial charge on any atom is 0.241 e. The molecule has 3 amide bonds. The Labute approximate surface area is 198 Å². The molecule has 0 bridgehead atoms. The third-order valence-corrected chi connectivity index (χ3v) is 6.37. The van der Waals surface area contributed by atoms with Crippen LogP contribution in [0.1, 0.15) is 24.0 Å². The number of nitrogens with one attached hydrogen (secondary N) is 1. The van der Waals surface area contributed by atoms with Gasteiger partial charge in [-0.3, -0.25) is 19.3 Å². The van der Waals surface area contributed by atoms with Crippen molar-refractivity contribution in [3.05, 3.63) is 77.9 Å². The van der Waals surface area contributed by atoms with Crippen LogP contribution >= 0.6 is 0 Å². The quantitative estimate of drug-likeness (QED) is 0.496. The van der Waals surface area contributed by atoms with Crippen molar-refractivity contribution in [1.82, 2.24) is 10.2 Å². The number of methoxy groups -OCH3 is 2. The normalized spacial score (nSPS) is 17.9. The van der Waals surface area contributed by atoms with Crippen LogP contribution in [0.3, 0.4) is 0 Å². The second kappa shape index (κ2) is 10.1. The number of carbonyl (C=O) groups excluding carboxylic acids is 3. The van der Waals surface area contributed by atoms with Gasteiger partial charge in [0.2, 0.25) is 17.7 Å². The molecule has 0 saturated carbocycles. The first-order valence-corrected chi connectivity index (χ1v) is 11.2. The van der Waals surface area contributed by atoms with Crippen LogP contribution < -0.4 is 10.1 Å². The Balaban J connectivity index is 1.62. The molecule has 7 heteroatoms. The first-order chi connectivity index (χ1) is 16.5. The number of para-hydroxylation sites is 1. The molecule has 1 aliphatic heterocycles. The second-order valence-corrected chi connectivity index (χ2v) is 8.39. The third-order valence-electron chi connectivity index (χ3n) is 6.37. The summed E-state index contributed by atoms with van der Waals surface area (Å²) >= 11 is 0. The van der Waals surface area contributed by atoms with Crippen molar-refractivity contribution in [2.75, 3.05) is 27.4 Å². The van der Waals surface area contributed by atoms with E-state index < -0.39 is 11.3 Å². The zero-order valence-electron chi connectivity index (χ0n) is 19.4. The van der Waals surface area contributed by atoms with Crippen molar-refractivity contribution < 1.29 is 23.9 Å². The molecule has 3 aromatic carbocycles. The molecule has 0 unspecified atom stereocenters. The van der Waals surface area contributed by atoms with Crippen molar-refractivity contribution in [1.29, 1.82) is 0 Å². The van der Waals surface area contributed by atoms with Gasteiger partial charge in [0.25, 0.3) is 0 Å². The number of ether oxygens (including phenoxy) is 2. The molecule has 0 aromatic heterocycles. The van der Waals surface area contributed by atoms with Crippen molar-refractivity contribution in [2.24, 2.45) is 0 Å². The molecule has 4 rings (SSSR count). The summed E-state index contributed by atoms with van der Waals surface area (Å²) in [6.45, 7) is 0.688. The highest BCUT2D eigenvalue weighted by Crippen LogP contribution is 2.43. The van der Waals surface area contributed by atoms with E-state index in [-0.39, 0.29) is 37.8 Å². The summed E-state index contributed by atoms with van der Waals surface area (Å²) in [5.41, 5.74) is 0.185. The molecule has 1 fully saturated rings. The number of nitrogens with zero attached hydrogens (tertiary/aromatic N) is 1. The highest BCUT2D eigenvalue weighted by Gasteiger charge is 2.54. The van der Waals surface area contributed by atoms with Crippen molar-refractivity contribution in [3.63, 3.8) is 0 Å². The van der Waals surface area contributed by atoms with E-state index in [1.807, 2.05) is 42.5 Å². The smallest absolute Gasteiger partial charge is 0.241 e. The second-order valence-electron chi connectivity index (χ2n) is 8.39. The Hall–Kier alpha value is -3.71. The van der Waals surface area contributed by atoms with E-state index in [0.717, 1.165) is 16.3 Å². The van der Waals surface area contributed by atoms with Crippen LogP contribution in [0.2, 0.25) is 0 Å². The number of fused-ring (bicyclic) bond motifs is 1. The Morgan fingerprint density at radius 3 is 2.53 bits per heavy atom. The molecule has 1 atom stereocenters. The fourth-order valence-corrected chi connectivity index (χ4v) is 4.67. The summed E-state index contributed by atoms with van der Waals surface area (Å²) in [6.07, 6.45) is -0.260. The number of benzene rings is 3. The van der Waals surface area contributed by atoms with Gasteiger partial charge < -0.3 is 14.8 Å². The minimum Gasteiger partial charge on any atom is -0.496 e. The maximum absolute atomic E-state index is 13.6. The summed E-state index contributed by atoms with van der Waals surface area (Å²) in [4.78, 5) is 40.9. The van der Waals surface area contributed by atoms with E-state index in [1.54, 1.807) is 24.3 Å². The molecule has 0 aliphatic carbocycles. The number of hydrogen-bond acceptors (Lipinski definition) is 5. The summed E-state index contributed by atoms with van der Waals surface area (Å²) < 4.78 is 10.6. The van der Waals surface area contributed by atoms with Crippen LogP contribution in [-0.2, 0) is 31.1 Å². The lowest BCUT2D eigenvalue weighted by molar-refractivity contribution is -0.141. The molecule has 1 N–H and O–H groups in total. The third kappa shape index (κ3) is 4.39. The van der Waals surface area contributed by atoms with E-state index in [4.69, 9.17) is 9.47 Å². The molecule has 0 radical (unpaired) electrons. The van der Waals surface area contributed by atoms with Crippen molar-refractivity contribution in [3.8, 4) is 5.75 Å². The van der Waals surface area contributed by atoms with Crippen LogP contribution in [0.4, 0.5) is 0 Å². The summed E-state index contributed by atoms with van der Waals surface area (Å²) in [6, 6.07) is 21.0. The molecule has 1 saturated heterocycles. The molecule has 1 aliphatic rings. The molecular formula is C27H28N2O5. The topological polar surface area (TPSA) is 84.9 Å². The maximum atomic E-state index is 13.6. The monoisotopic (exact) mass is 460 g/mol. The molecule has 1 heterocycles. The molecule has 7 nitrogen and oxygen atoms in total. The van der Waals surface area contributed by atoms with Crippen LogP contribution in [0.25, 0.3) is 10.8 Å². The van der Waals surface area contributed by atoms with Gasteiger partial charge in [-0.2, -0.15) is 0 Å². The Bertz CT molecular complexity index is 1220. The average molecular weight is 461 g/mol. The van der Waals surface area contributed by atoms with E-state index in [2.05, 4.69) is 5.32 Å². The lowest BCUT2D eigenvalue weighted by atomic mass is 9.75. The van der Waals surface area contributed by atoms with Gasteiger partial charge in [-0.25, -0.2) is 0 Å². The summed E-state index contributed by atoms with van der Waals surface area (Å²) in [5, 5.41) is 5.10. The lowest BCUT2D eigenvalue weighted by Crippen LogP contribution is -2.43. The number of imide groups is 1. The van der Waals surface area contributed by atoms with Crippen molar-refractivity contribution >= 4 is 28.5 Å². The average Bonchev–Trinajstić information content (AvgIpc) is 3.10. The van der Waals surface area contributed by atoms with E-state index in [1.165, 1.54) is 19.1 Å². The van der Waals surface area contributed by atoms with Crippen LogP contribution in [0.15, 0.2) is 66.7 Å². The first-order valence-electron chi connectivity index (χ1n) is 11.2. The fourth-order valence-electron chi connectivity index (χ4n) is 4.67. The Kier molecular flexibility index (Phi) is 6.93. The summed E-state index contributed by atoms with van der Waals surface area (Å²) in [5.74, 6) is -0.568. The van der Waals surface area contributed by atoms with Crippen LogP contribution in [-0.4, -0.2) is 50.0 Å². The van der Waals surface area contributed by atoms with Gasteiger partial charge >= 0.3 is 0 Å². The molecule has 3 aromatic rings. The first kappa shape index (κ1) is 23.4. The van der Waals surface area contributed by atoms with Gasteiger partial charge in [0.15, 0.2) is 0 Å². The van der Waals surface area contributed by atoms with Crippen molar-refractivity contribution in [2.45, 2.75) is 24.8 Å². The van der Waals surface area contributed by atoms with Gasteiger partial charge in [0.05, 0.1) is 25.7 Å². The van der Waals surface area contributed by atoms with Gasteiger partial charge in [-0.1, -0.05) is 60.7 Å². The Morgan fingerprint density at radius 2 is 1.74 bits per heavy atom. The minimum absolute atomic E-state index is 0.0996. The number of amides is 3. The Morgan fingerprint density at radius 1 is 1.00 bits per heavy atom. The molecule has 176 valence electrons. The van der Waals surface area contributed by atoms with Crippen LogP contribution in [0.5, 0.6) is 5.75 Å². The minimum atomic E-state index is -1.33. The lowest BCUT2D eigenvalue weighted by Gasteiger charge is -2.28. The zero-order valence-corrected chi connectivity index (χ0v) is 19.4. The van der Waals surface area contributed by atoms with E-state index >= 15 is 0 Å². The van der Waals surface area contributed by atoms with Gasteiger partial charge in [0, 0.05) is 32.1 Å². The number of rotatable bonds is 9. The molecule has 0 spiro atoms. The fraction of sp³-hybridized carbons (Fsp3) is 0.296. The van der Waals surface area contributed by atoms with E-state index in [0.29, 0.717) is 17.9 Å². The van der Waals surface area contributed by atoms with Gasteiger partial charge in [-0.05, 0) is 22.4 Å². The number of likely N-dealkylation sites (tertiary alicyclic amines) is 1. The van der Waals surface area contributed by atoms with E-state index in [9.17, 15) is 14.4 Å². The predicted molar refractivity (Wildman–Crippen MR) is 128 cm³/mol. The largest absolute Gasteiger partial charge is 0.496 e. The summed E-state index contributed by atoms with van der Waals surface area (Å²) in [7, 11) is 3.02.